The summed E-state index contributed by atoms with van der Waals surface area (Å²) in [6.45, 7) is 4.50. The van der Waals surface area contributed by atoms with E-state index in [1.807, 2.05) is 13.8 Å². The van der Waals surface area contributed by atoms with Gasteiger partial charge in [0.15, 0.2) is 0 Å². The Hall–Kier alpha value is 0.924. The Morgan fingerprint density at radius 1 is 0.900 bits per heavy atom. The Labute approximate surface area is 84.3 Å². The van der Waals surface area contributed by atoms with Gasteiger partial charge in [-0.15, -0.1) is 0 Å². The first-order chi connectivity index (χ1) is 3.83. The van der Waals surface area contributed by atoms with Crippen molar-refractivity contribution < 1.29 is 44.3 Å². The van der Waals surface area contributed by atoms with Crippen molar-refractivity contribution in [2.45, 2.75) is 26.7 Å². The summed E-state index contributed by atoms with van der Waals surface area (Å²) in [7, 11) is 0. The van der Waals surface area contributed by atoms with Crippen molar-refractivity contribution in [3.63, 3.8) is 0 Å². The minimum Gasteiger partial charge on any atom is -1.00 e. The number of rotatable bonds is 2. The number of aliphatic hydroxyl groups is 2. The Bertz CT molecular complexity index is 23.7. The summed E-state index contributed by atoms with van der Waals surface area (Å²) in [5, 5.41) is 15.8. The van der Waals surface area contributed by atoms with Crippen molar-refractivity contribution in [1.82, 2.24) is 0 Å². The van der Waals surface area contributed by atoms with Gasteiger partial charge in [-0.3, -0.25) is 0 Å². The molecule has 0 fully saturated rings. The topological polar surface area (TPSA) is 40.5 Å². The molecule has 0 aromatic rings. The van der Waals surface area contributed by atoms with E-state index < -0.39 is 0 Å². The van der Waals surface area contributed by atoms with E-state index in [1.165, 1.54) is 0 Å². The molecule has 0 saturated heterocycles. The number of hydrogen-bond acceptors (Lipinski definition) is 2. The summed E-state index contributed by atoms with van der Waals surface area (Å²) in [4.78, 5) is 0. The zero-order chi connectivity index (χ0) is 6.83. The van der Waals surface area contributed by atoms with E-state index in [9.17, 15) is 0 Å². The van der Waals surface area contributed by atoms with Crippen LogP contribution in [0.2, 0.25) is 0 Å². The summed E-state index contributed by atoms with van der Waals surface area (Å²) in [6.07, 6.45) is 1.75. The van der Waals surface area contributed by atoms with Gasteiger partial charge in [-0.05, 0) is 12.8 Å². The van der Waals surface area contributed by atoms with E-state index in [2.05, 4.69) is 0 Å². The van der Waals surface area contributed by atoms with Crippen molar-refractivity contribution in [1.29, 1.82) is 0 Å². The largest absolute Gasteiger partial charge is 3.00 e. The fourth-order valence-electron chi connectivity index (χ4n) is 0. The standard InChI is InChI=1S/2C3H8O.ClH.Ti/c2*1-2-3-4;;/h2*4H,2-3H2,1H3;1H;/q;;;+3/p-1. The van der Waals surface area contributed by atoms with Gasteiger partial charge in [0, 0.05) is 13.2 Å². The van der Waals surface area contributed by atoms with E-state index in [0.717, 1.165) is 12.8 Å². The zero-order valence-corrected chi connectivity index (χ0v) is 8.92. The van der Waals surface area contributed by atoms with Crippen LogP contribution in [-0.2, 0) is 21.7 Å². The average molecular weight is 204 g/mol. The van der Waals surface area contributed by atoms with Crippen molar-refractivity contribution >= 4 is 0 Å². The van der Waals surface area contributed by atoms with Crippen LogP contribution < -0.4 is 12.4 Å². The Morgan fingerprint density at radius 2 is 1.00 bits per heavy atom. The molecule has 0 aliphatic heterocycles. The van der Waals surface area contributed by atoms with Crippen LogP contribution in [0.4, 0.5) is 0 Å². The molecule has 0 bridgehead atoms. The first-order valence-electron chi connectivity index (χ1n) is 3.05. The van der Waals surface area contributed by atoms with Crippen LogP contribution in [0.1, 0.15) is 26.7 Å². The maximum absolute atomic E-state index is 7.88. The van der Waals surface area contributed by atoms with Crippen LogP contribution in [0.3, 0.4) is 0 Å². The number of aliphatic hydroxyl groups excluding tert-OH is 2. The van der Waals surface area contributed by atoms with Crippen LogP contribution in [0.25, 0.3) is 0 Å². The van der Waals surface area contributed by atoms with Gasteiger partial charge in [-0.2, -0.15) is 0 Å². The van der Waals surface area contributed by atoms with Crippen molar-refractivity contribution in [2.24, 2.45) is 0 Å². The van der Waals surface area contributed by atoms with Crippen molar-refractivity contribution in [2.75, 3.05) is 13.2 Å². The molecule has 2 N–H and O–H groups in total. The third-order valence-electron chi connectivity index (χ3n) is 0.447. The smallest absolute Gasteiger partial charge is 1.00 e. The SMILES string of the molecule is CCCO.CCCO.[Cl-].[Ti+3]. The predicted octanol–water partition coefficient (Wildman–Crippen LogP) is -2.22. The first-order valence-corrected chi connectivity index (χ1v) is 3.05. The molecule has 0 heterocycles. The fourth-order valence-corrected chi connectivity index (χ4v) is 0. The minimum absolute atomic E-state index is 0. The van der Waals surface area contributed by atoms with Gasteiger partial charge in [0.05, 0.1) is 0 Å². The number of halogens is 1. The van der Waals surface area contributed by atoms with Crippen molar-refractivity contribution in [3.8, 4) is 0 Å². The van der Waals surface area contributed by atoms with Crippen LogP contribution >= 0.6 is 0 Å². The molecule has 0 aromatic carbocycles. The summed E-state index contributed by atoms with van der Waals surface area (Å²) < 4.78 is 0. The normalized spacial score (nSPS) is 6.00. The quantitative estimate of drug-likeness (QED) is 0.499. The van der Waals surface area contributed by atoms with Crippen LogP contribution in [0.15, 0.2) is 0 Å². The second-order valence-corrected chi connectivity index (χ2v) is 1.45. The monoisotopic (exact) mass is 203 g/mol. The van der Waals surface area contributed by atoms with Crippen LogP contribution in [-0.4, -0.2) is 23.4 Å². The van der Waals surface area contributed by atoms with Crippen molar-refractivity contribution in [3.05, 3.63) is 0 Å². The number of hydrogen-bond donors (Lipinski definition) is 2. The van der Waals surface area contributed by atoms with E-state index in [4.69, 9.17) is 10.2 Å². The third-order valence-corrected chi connectivity index (χ3v) is 0.447. The molecule has 1 radical (unpaired) electrons. The second kappa shape index (κ2) is 32.6. The molecule has 10 heavy (non-hydrogen) atoms. The molecule has 0 aliphatic rings. The van der Waals surface area contributed by atoms with Crippen LogP contribution in [0.5, 0.6) is 0 Å². The van der Waals surface area contributed by atoms with Gasteiger partial charge < -0.3 is 22.6 Å². The Balaban J connectivity index is -0.0000000300. The summed E-state index contributed by atoms with van der Waals surface area (Å²) >= 11 is 0. The van der Waals surface area contributed by atoms with Gasteiger partial charge >= 0.3 is 21.7 Å². The maximum Gasteiger partial charge on any atom is 3.00 e. The molecule has 0 aromatic heterocycles. The second-order valence-electron chi connectivity index (χ2n) is 1.45. The van der Waals surface area contributed by atoms with E-state index in [-0.39, 0.29) is 34.1 Å². The fraction of sp³-hybridized carbons (Fsp3) is 1.00. The Morgan fingerprint density at radius 3 is 1.00 bits per heavy atom. The molecule has 0 atom stereocenters. The van der Waals surface area contributed by atoms with Gasteiger partial charge in [0.1, 0.15) is 0 Å². The molecular formula is C6H16ClO2Ti+2. The molecule has 2 nitrogen and oxygen atoms in total. The molecule has 0 amide bonds. The molecule has 0 saturated carbocycles. The summed E-state index contributed by atoms with van der Waals surface area (Å²) in [5.74, 6) is 0. The van der Waals surface area contributed by atoms with E-state index >= 15 is 0 Å². The molecule has 0 aliphatic carbocycles. The van der Waals surface area contributed by atoms with Gasteiger partial charge in [-0.1, -0.05) is 13.8 Å². The van der Waals surface area contributed by atoms with Gasteiger partial charge in [0.2, 0.25) is 0 Å². The van der Waals surface area contributed by atoms with E-state index in [1.54, 1.807) is 0 Å². The average Bonchev–Trinajstić information content (AvgIpc) is 1.88. The third kappa shape index (κ3) is 65.5. The van der Waals surface area contributed by atoms with Gasteiger partial charge in [0.25, 0.3) is 0 Å². The predicted molar refractivity (Wildman–Crippen MR) is 34.8 cm³/mol. The molecule has 0 spiro atoms. The summed E-state index contributed by atoms with van der Waals surface area (Å²) in [5.41, 5.74) is 0. The van der Waals surface area contributed by atoms with Crippen LogP contribution in [0, 0.1) is 0 Å². The molecular weight excluding hydrogens is 187 g/mol. The molecule has 0 unspecified atom stereocenters. The Kier molecular flexibility index (Phi) is 73.1. The maximum atomic E-state index is 7.88. The minimum atomic E-state index is 0. The molecule has 4 heteroatoms. The first kappa shape index (κ1) is 22.4. The summed E-state index contributed by atoms with van der Waals surface area (Å²) in [6, 6.07) is 0. The zero-order valence-electron chi connectivity index (χ0n) is 6.60. The molecule has 0 rings (SSSR count). The van der Waals surface area contributed by atoms with Gasteiger partial charge in [-0.25, -0.2) is 0 Å². The van der Waals surface area contributed by atoms with E-state index in [0.29, 0.717) is 13.2 Å². The molecule has 61 valence electrons.